The van der Waals surface area contributed by atoms with Gasteiger partial charge in [0.2, 0.25) is 0 Å². The number of pyridine rings is 1. The first-order valence-corrected chi connectivity index (χ1v) is 8.14. The average molecular weight is 312 g/mol. The van der Waals surface area contributed by atoms with E-state index in [0.29, 0.717) is 31.7 Å². The minimum absolute atomic E-state index is 0.0392. The molecule has 0 bridgehead atoms. The zero-order valence-electron chi connectivity index (χ0n) is 12.9. The Morgan fingerprint density at radius 2 is 2.26 bits per heavy atom. The van der Waals surface area contributed by atoms with Crippen LogP contribution in [0, 0.1) is 0 Å². The Bertz CT molecular complexity index is 740. The van der Waals surface area contributed by atoms with E-state index in [0.717, 1.165) is 23.7 Å². The van der Waals surface area contributed by atoms with Crippen LogP contribution in [0.3, 0.4) is 0 Å². The normalized spacial score (nSPS) is 27.7. The molecular weight excluding hydrogens is 292 g/mol. The molecule has 1 spiro atoms. The average Bonchev–Trinajstić information content (AvgIpc) is 3.06. The Morgan fingerprint density at radius 1 is 1.35 bits per heavy atom. The van der Waals surface area contributed by atoms with Crippen LogP contribution in [0.4, 0.5) is 0 Å². The lowest BCUT2D eigenvalue weighted by Crippen LogP contribution is -2.56. The highest BCUT2D eigenvalue weighted by atomic mass is 16.5. The third-order valence-electron chi connectivity index (χ3n) is 5.08. The molecule has 2 aliphatic rings. The van der Waals surface area contributed by atoms with Crippen LogP contribution < -0.4 is 0 Å². The van der Waals surface area contributed by atoms with Gasteiger partial charge in [-0.05, 0) is 43.5 Å². The third kappa shape index (κ3) is 2.50. The lowest BCUT2D eigenvalue weighted by molar-refractivity contribution is -0.122. The van der Waals surface area contributed by atoms with Crippen molar-refractivity contribution in [3.05, 3.63) is 42.1 Å². The van der Waals surface area contributed by atoms with Gasteiger partial charge in [0.15, 0.2) is 0 Å². The van der Waals surface area contributed by atoms with Crippen LogP contribution in [-0.4, -0.2) is 52.3 Å². The van der Waals surface area contributed by atoms with Crippen LogP contribution in [0.15, 0.2) is 36.5 Å². The molecule has 2 fully saturated rings. The number of carbonyl (C=O) groups is 1. The van der Waals surface area contributed by atoms with Gasteiger partial charge in [0.05, 0.1) is 11.1 Å². The number of nitrogens with zero attached hydrogens (tertiary/aromatic N) is 2. The van der Waals surface area contributed by atoms with Gasteiger partial charge < -0.3 is 14.7 Å². The van der Waals surface area contributed by atoms with Crippen molar-refractivity contribution in [2.24, 2.45) is 0 Å². The van der Waals surface area contributed by atoms with Crippen LogP contribution in [-0.2, 0) is 4.74 Å². The van der Waals surface area contributed by atoms with Crippen molar-refractivity contribution < 1.29 is 14.6 Å². The Hall–Kier alpha value is -1.98. The molecule has 5 nitrogen and oxygen atoms in total. The summed E-state index contributed by atoms with van der Waals surface area (Å²) in [5, 5.41) is 11.4. The van der Waals surface area contributed by atoms with E-state index in [1.807, 2.05) is 24.3 Å². The van der Waals surface area contributed by atoms with Gasteiger partial charge in [-0.15, -0.1) is 0 Å². The van der Waals surface area contributed by atoms with Gasteiger partial charge in [0.25, 0.3) is 5.91 Å². The van der Waals surface area contributed by atoms with E-state index >= 15 is 0 Å². The Morgan fingerprint density at radius 3 is 3.04 bits per heavy atom. The molecule has 0 radical (unpaired) electrons. The maximum absolute atomic E-state index is 12.7. The van der Waals surface area contributed by atoms with Crippen molar-refractivity contribution in [1.29, 1.82) is 0 Å². The molecule has 1 amide bonds. The van der Waals surface area contributed by atoms with Gasteiger partial charge in [0.1, 0.15) is 6.10 Å². The number of rotatable bonds is 1. The highest BCUT2D eigenvalue weighted by Crippen LogP contribution is 2.36. The molecule has 0 saturated carbocycles. The number of hydrogen-bond donors (Lipinski definition) is 1. The van der Waals surface area contributed by atoms with E-state index in [-0.39, 0.29) is 5.91 Å². The number of β-amino-alcohol motifs (C(OH)–C–C–N with tert-alkyl or cyclic N) is 1. The van der Waals surface area contributed by atoms with Gasteiger partial charge in [0, 0.05) is 36.8 Å². The fourth-order valence-electron chi connectivity index (χ4n) is 3.71. The van der Waals surface area contributed by atoms with Crippen molar-refractivity contribution in [3.8, 4) is 0 Å². The maximum Gasteiger partial charge on any atom is 0.253 e. The molecule has 120 valence electrons. The van der Waals surface area contributed by atoms with Crippen molar-refractivity contribution in [2.45, 2.75) is 31.0 Å². The molecule has 5 heteroatoms. The fraction of sp³-hybridized carbons (Fsp3) is 0.444. The summed E-state index contributed by atoms with van der Waals surface area (Å²) in [6, 6.07) is 9.35. The number of amides is 1. The van der Waals surface area contributed by atoms with Crippen molar-refractivity contribution in [1.82, 2.24) is 9.88 Å². The highest BCUT2D eigenvalue weighted by Gasteiger charge is 2.46. The first kappa shape index (κ1) is 14.6. The topological polar surface area (TPSA) is 62.7 Å². The molecule has 2 atom stereocenters. The number of benzene rings is 1. The summed E-state index contributed by atoms with van der Waals surface area (Å²) < 4.78 is 5.79. The molecule has 4 rings (SSSR count). The second-order valence-corrected chi connectivity index (χ2v) is 6.44. The van der Waals surface area contributed by atoms with Gasteiger partial charge >= 0.3 is 0 Å². The number of aromatic nitrogens is 1. The number of likely N-dealkylation sites (tertiary alicyclic amines) is 1. The van der Waals surface area contributed by atoms with E-state index in [1.165, 1.54) is 0 Å². The van der Waals surface area contributed by atoms with E-state index in [1.54, 1.807) is 17.2 Å². The van der Waals surface area contributed by atoms with E-state index in [2.05, 4.69) is 4.98 Å². The maximum atomic E-state index is 12.7. The predicted octanol–water partition coefficient (Wildman–Crippen LogP) is 1.99. The molecule has 3 heterocycles. The number of aliphatic hydroxyl groups is 1. The summed E-state index contributed by atoms with van der Waals surface area (Å²) in [6.07, 6.45) is 3.71. The molecule has 1 aromatic heterocycles. The molecule has 1 aromatic carbocycles. The molecule has 2 aliphatic heterocycles. The van der Waals surface area contributed by atoms with Gasteiger partial charge in [-0.3, -0.25) is 9.78 Å². The van der Waals surface area contributed by atoms with E-state index in [4.69, 9.17) is 4.74 Å². The number of ether oxygens (including phenoxy) is 1. The molecular formula is C18H20N2O3. The molecule has 2 saturated heterocycles. The van der Waals surface area contributed by atoms with Crippen LogP contribution in [0.25, 0.3) is 10.9 Å². The monoisotopic (exact) mass is 312 g/mol. The van der Waals surface area contributed by atoms with Crippen molar-refractivity contribution in [2.75, 3.05) is 19.7 Å². The summed E-state index contributed by atoms with van der Waals surface area (Å²) in [5.41, 5.74) is 1.09. The van der Waals surface area contributed by atoms with Crippen LogP contribution >= 0.6 is 0 Å². The van der Waals surface area contributed by atoms with Crippen LogP contribution in [0.1, 0.15) is 29.6 Å². The van der Waals surface area contributed by atoms with Gasteiger partial charge in [-0.25, -0.2) is 0 Å². The fourth-order valence-corrected chi connectivity index (χ4v) is 3.71. The first-order valence-electron chi connectivity index (χ1n) is 8.14. The lowest BCUT2D eigenvalue weighted by atomic mass is 9.86. The van der Waals surface area contributed by atoms with E-state index in [9.17, 15) is 9.90 Å². The summed E-state index contributed by atoms with van der Waals surface area (Å²) in [6.45, 7) is 1.67. The van der Waals surface area contributed by atoms with Crippen LogP contribution in [0.5, 0.6) is 0 Å². The van der Waals surface area contributed by atoms with Crippen LogP contribution in [0.2, 0.25) is 0 Å². The second kappa shape index (κ2) is 5.58. The summed E-state index contributed by atoms with van der Waals surface area (Å²) in [4.78, 5) is 18.8. The highest BCUT2D eigenvalue weighted by molar-refractivity contribution is 5.98. The Kier molecular flexibility index (Phi) is 3.54. The molecule has 2 aromatic rings. The Labute approximate surface area is 134 Å². The largest absolute Gasteiger partial charge is 0.388 e. The summed E-state index contributed by atoms with van der Waals surface area (Å²) >= 11 is 0. The second-order valence-electron chi connectivity index (χ2n) is 6.44. The molecule has 0 unspecified atom stereocenters. The summed E-state index contributed by atoms with van der Waals surface area (Å²) in [7, 11) is 0. The lowest BCUT2D eigenvalue weighted by Gasteiger charge is -2.42. The van der Waals surface area contributed by atoms with Crippen molar-refractivity contribution >= 4 is 16.8 Å². The van der Waals surface area contributed by atoms with E-state index < -0.39 is 11.7 Å². The number of carbonyl (C=O) groups excluding carboxylic acids is 1. The zero-order chi connectivity index (χ0) is 15.9. The first-order chi connectivity index (χ1) is 11.2. The third-order valence-corrected chi connectivity index (χ3v) is 5.08. The molecule has 0 aliphatic carbocycles. The Balaban J connectivity index is 1.54. The van der Waals surface area contributed by atoms with Crippen molar-refractivity contribution in [3.63, 3.8) is 0 Å². The molecule has 23 heavy (non-hydrogen) atoms. The standard InChI is InChI=1S/C18H20N2O3/c21-16-12-20(9-7-18(16)6-2-10-23-18)17(22)14-4-5-15-13(11-14)3-1-8-19-15/h1,3-5,8,11,16,21H,2,6-7,9-10,12H2/t16-,18-/m0/s1. The number of hydrogen-bond acceptors (Lipinski definition) is 4. The number of fused-ring (bicyclic) bond motifs is 1. The summed E-state index contributed by atoms with van der Waals surface area (Å²) in [5.74, 6) is -0.0392. The zero-order valence-corrected chi connectivity index (χ0v) is 12.9. The van der Waals surface area contributed by atoms with Gasteiger partial charge in [-0.2, -0.15) is 0 Å². The number of aliphatic hydroxyl groups excluding tert-OH is 1. The molecule has 1 N–H and O–H groups in total. The SMILES string of the molecule is O=C(c1ccc2ncccc2c1)N1CC[C@@]2(CCCO2)[C@@H](O)C1. The quantitative estimate of drug-likeness (QED) is 0.875. The predicted molar refractivity (Wildman–Crippen MR) is 86.2 cm³/mol. The van der Waals surface area contributed by atoms with Gasteiger partial charge in [-0.1, -0.05) is 6.07 Å². The minimum Gasteiger partial charge on any atom is -0.388 e. The smallest absolute Gasteiger partial charge is 0.253 e. The number of piperidine rings is 1. The minimum atomic E-state index is -0.607.